The van der Waals surface area contributed by atoms with E-state index in [1.165, 1.54) is 70.8 Å². The molecular weight excluding hydrogens is 424 g/mol. The van der Waals surface area contributed by atoms with E-state index in [4.69, 9.17) is 10.7 Å². The smallest absolute Gasteiger partial charge is 0.226 e. The molecule has 1 aliphatic heterocycles. The predicted molar refractivity (Wildman–Crippen MR) is 142 cm³/mol. The summed E-state index contributed by atoms with van der Waals surface area (Å²) in [7, 11) is 0. The molecule has 1 atom stereocenters. The average Bonchev–Trinajstić information content (AvgIpc) is 2.86. The lowest BCUT2D eigenvalue weighted by atomic mass is 9.82. The maximum absolute atomic E-state index is 6.10. The van der Waals surface area contributed by atoms with Crippen LogP contribution < -0.4 is 31.9 Å². The normalized spacial score (nSPS) is 26.5. The second-order valence-electron chi connectivity index (χ2n) is 10.9. The molecule has 2 saturated carbocycles. The van der Waals surface area contributed by atoms with Gasteiger partial charge in [0.05, 0.1) is 0 Å². The van der Waals surface area contributed by atoms with E-state index in [1.807, 2.05) is 6.07 Å². The van der Waals surface area contributed by atoms with Gasteiger partial charge in [-0.1, -0.05) is 19.3 Å². The third-order valence-corrected chi connectivity index (χ3v) is 7.94. The van der Waals surface area contributed by atoms with Crippen LogP contribution in [-0.2, 0) is 0 Å². The average molecular weight is 473 g/mol. The minimum Gasteiger partial charge on any atom is -0.383 e. The molecule has 34 heavy (non-hydrogen) atoms. The zero-order valence-electron chi connectivity index (χ0n) is 21.3. The molecule has 1 saturated heterocycles. The van der Waals surface area contributed by atoms with Crippen molar-refractivity contribution < 1.29 is 0 Å². The zero-order chi connectivity index (χ0) is 23.6. The maximum atomic E-state index is 6.10. The first-order valence-electron chi connectivity index (χ1n) is 14.0. The van der Waals surface area contributed by atoms with Gasteiger partial charge in [0.25, 0.3) is 0 Å². The van der Waals surface area contributed by atoms with Crippen LogP contribution in [0.25, 0.3) is 0 Å². The van der Waals surface area contributed by atoms with E-state index < -0.39 is 0 Å². The summed E-state index contributed by atoms with van der Waals surface area (Å²) in [5, 5.41) is 14.4. The molecule has 2 aliphatic carbocycles. The number of aromatic nitrogens is 2. The standard InChI is InChI=1S/C26H48N8/c1-20-19-34(15-14-29-20)25-16-24(27)32-26(33-25)31-18-22-10-8-21(9-11-22)17-28-12-5-13-30-23-6-3-2-4-7-23/h16,20-23,28-30H,2-15,17-19H2,1H3,(H3,27,31,32,33). The number of anilines is 3. The first kappa shape index (κ1) is 25.5. The zero-order valence-corrected chi connectivity index (χ0v) is 21.3. The van der Waals surface area contributed by atoms with Gasteiger partial charge in [-0.05, 0) is 83.3 Å². The molecule has 0 amide bonds. The van der Waals surface area contributed by atoms with Crippen molar-refractivity contribution in [2.75, 3.05) is 61.8 Å². The van der Waals surface area contributed by atoms with E-state index in [0.29, 0.717) is 23.7 Å². The summed E-state index contributed by atoms with van der Waals surface area (Å²) in [5.41, 5.74) is 6.10. The summed E-state index contributed by atoms with van der Waals surface area (Å²) < 4.78 is 0. The lowest BCUT2D eigenvalue weighted by Gasteiger charge is -2.33. The number of nitrogens with zero attached hydrogens (tertiary/aromatic N) is 3. The van der Waals surface area contributed by atoms with Crippen molar-refractivity contribution in [3.8, 4) is 0 Å². The molecule has 1 unspecified atom stereocenters. The van der Waals surface area contributed by atoms with Crippen molar-refractivity contribution in [3.63, 3.8) is 0 Å². The van der Waals surface area contributed by atoms with E-state index in [0.717, 1.165) is 57.0 Å². The molecule has 1 aromatic heterocycles. The molecule has 3 aliphatic rings. The van der Waals surface area contributed by atoms with Gasteiger partial charge in [0.15, 0.2) is 0 Å². The van der Waals surface area contributed by atoms with Crippen LogP contribution in [0.3, 0.4) is 0 Å². The van der Waals surface area contributed by atoms with Crippen LogP contribution in [0.4, 0.5) is 17.6 Å². The largest absolute Gasteiger partial charge is 0.383 e. The summed E-state index contributed by atoms with van der Waals surface area (Å²) in [6.45, 7) is 9.50. The highest BCUT2D eigenvalue weighted by Gasteiger charge is 2.22. The van der Waals surface area contributed by atoms with E-state index >= 15 is 0 Å². The lowest BCUT2D eigenvalue weighted by molar-refractivity contribution is 0.275. The molecule has 3 fully saturated rings. The molecule has 0 spiro atoms. The van der Waals surface area contributed by atoms with Crippen LogP contribution in [0.2, 0.25) is 0 Å². The molecular formula is C26H48N8. The Morgan fingerprint density at radius 2 is 1.76 bits per heavy atom. The first-order chi connectivity index (χ1) is 16.7. The van der Waals surface area contributed by atoms with E-state index in [9.17, 15) is 0 Å². The first-order valence-corrected chi connectivity index (χ1v) is 14.0. The van der Waals surface area contributed by atoms with Crippen molar-refractivity contribution in [2.45, 2.75) is 83.2 Å². The molecule has 0 aromatic carbocycles. The minimum atomic E-state index is 0.462. The van der Waals surface area contributed by atoms with Crippen LogP contribution in [0.15, 0.2) is 6.07 Å². The predicted octanol–water partition coefficient (Wildman–Crippen LogP) is 2.98. The quantitative estimate of drug-likeness (QED) is 0.313. The number of nitrogens with one attached hydrogen (secondary N) is 4. The Labute approximate surface area is 206 Å². The fourth-order valence-electron chi connectivity index (χ4n) is 5.84. The number of piperazine rings is 1. The SMILES string of the molecule is CC1CN(c2cc(N)nc(NCC3CCC(CNCCCNC4CCCCC4)CC3)n2)CCN1. The summed E-state index contributed by atoms with van der Waals surface area (Å²) >= 11 is 0. The van der Waals surface area contributed by atoms with Gasteiger partial charge in [0.1, 0.15) is 11.6 Å². The van der Waals surface area contributed by atoms with Crippen LogP contribution in [0.1, 0.15) is 71.1 Å². The van der Waals surface area contributed by atoms with Crippen LogP contribution >= 0.6 is 0 Å². The number of hydrogen-bond acceptors (Lipinski definition) is 8. The van der Waals surface area contributed by atoms with Crippen molar-refractivity contribution in [1.29, 1.82) is 0 Å². The number of hydrogen-bond donors (Lipinski definition) is 5. The topological polar surface area (TPSA) is 103 Å². The molecule has 6 N–H and O–H groups in total. The van der Waals surface area contributed by atoms with Gasteiger partial charge >= 0.3 is 0 Å². The molecule has 1 aromatic rings. The minimum absolute atomic E-state index is 0.462. The Kier molecular flexibility index (Phi) is 10.1. The second kappa shape index (κ2) is 13.4. The van der Waals surface area contributed by atoms with E-state index in [1.54, 1.807) is 0 Å². The van der Waals surface area contributed by atoms with Crippen molar-refractivity contribution in [1.82, 2.24) is 25.9 Å². The molecule has 0 radical (unpaired) electrons. The molecule has 4 rings (SSSR count). The van der Waals surface area contributed by atoms with E-state index in [-0.39, 0.29) is 0 Å². The highest BCUT2D eigenvalue weighted by atomic mass is 15.3. The van der Waals surface area contributed by atoms with Gasteiger partial charge in [0, 0.05) is 44.3 Å². The van der Waals surface area contributed by atoms with Crippen LogP contribution in [-0.4, -0.2) is 67.9 Å². The van der Waals surface area contributed by atoms with E-state index in [2.05, 4.69) is 38.1 Å². The molecule has 2 heterocycles. The monoisotopic (exact) mass is 472 g/mol. The maximum Gasteiger partial charge on any atom is 0.226 e. The summed E-state index contributed by atoms with van der Waals surface area (Å²) in [6, 6.07) is 3.14. The number of nitrogen functional groups attached to an aromatic ring is 1. The molecule has 8 nitrogen and oxygen atoms in total. The van der Waals surface area contributed by atoms with Crippen molar-refractivity contribution in [3.05, 3.63) is 6.07 Å². The van der Waals surface area contributed by atoms with Gasteiger partial charge < -0.3 is 31.9 Å². The molecule has 8 heteroatoms. The van der Waals surface area contributed by atoms with Gasteiger partial charge in [0.2, 0.25) is 5.95 Å². The van der Waals surface area contributed by atoms with Crippen LogP contribution in [0.5, 0.6) is 0 Å². The Bertz CT molecular complexity index is 715. The molecule has 192 valence electrons. The highest BCUT2D eigenvalue weighted by Crippen LogP contribution is 2.29. The Balaban J connectivity index is 1.09. The Morgan fingerprint density at radius 3 is 2.53 bits per heavy atom. The molecule has 0 bridgehead atoms. The fourth-order valence-corrected chi connectivity index (χ4v) is 5.84. The summed E-state index contributed by atoms with van der Waals surface area (Å²) in [5.74, 6) is 3.68. The summed E-state index contributed by atoms with van der Waals surface area (Å²) in [4.78, 5) is 11.5. The fraction of sp³-hybridized carbons (Fsp3) is 0.846. The lowest BCUT2D eigenvalue weighted by Crippen LogP contribution is -2.49. The highest BCUT2D eigenvalue weighted by molar-refractivity contribution is 5.52. The van der Waals surface area contributed by atoms with Gasteiger partial charge in [-0.2, -0.15) is 9.97 Å². The van der Waals surface area contributed by atoms with Gasteiger partial charge in [-0.25, -0.2) is 0 Å². The Hall–Kier alpha value is -1.64. The number of nitrogens with two attached hydrogens (primary N) is 1. The Morgan fingerprint density at radius 1 is 1.00 bits per heavy atom. The number of rotatable bonds is 11. The van der Waals surface area contributed by atoms with Crippen LogP contribution in [0, 0.1) is 11.8 Å². The van der Waals surface area contributed by atoms with Gasteiger partial charge in [-0.3, -0.25) is 0 Å². The second-order valence-corrected chi connectivity index (χ2v) is 10.9. The van der Waals surface area contributed by atoms with Crippen molar-refractivity contribution in [2.24, 2.45) is 11.8 Å². The third-order valence-electron chi connectivity index (χ3n) is 7.94. The third kappa shape index (κ3) is 8.24. The van der Waals surface area contributed by atoms with Crippen molar-refractivity contribution >= 4 is 17.6 Å². The summed E-state index contributed by atoms with van der Waals surface area (Å²) in [6.07, 6.45) is 13.5. The van der Waals surface area contributed by atoms with Gasteiger partial charge in [-0.15, -0.1) is 0 Å².